The first-order valence-corrected chi connectivity index (χ1v) is 6.04. The average molecular weight is 284 g/mol. The van der Waals surface area contributed by atoms with Gasteiger partial charge in [0.1, 0.15) is 17.3 Å². The Morgan fingerprint density at radius 1 is 1.05 bits per heavy atom. The topological polar surface area (TPSA) is 25.2 Å². The molecule has 0 spiro atoms. The molecule has 0 radical (unpaired) electrons. The summed E-state index contributed by atoms with van der Waals surface area (Å²) in [5.41, 5.74) is 0.946. The predicted octanol–water partition coefficient (Wildman–Crippen LogP) is 4.40. The Balaban J connectivity index is 0.00000180. The second-order valence-corrected chi connectivity index (χ2v) is 5.38. The van der Waals surface area contributed by atoms with Crippen LogP contribution < -0.4 is 5.32 Å². The molecule has 0 unspecified atom stereocenters. The molecule has 0 aliphatic rings. The standard InChI is InChI=1S/C15H18FNO.ClH/c1-15(2,3)17-10-13-8-9-14(18-13)11-4-6-12(16)7-5-11;/h4-9,17H,10H2,1-3H3;1H. The van der Waals surface area contributed by atoms with Gasteiger partial charge in [0.05, 0.1) is 6.54 Å². The van der Waals surface area contributed by atoms with Gasteiger partial charge in [0, 0.05) is 11.1 Å². The third-order valence-corrected chi connectivity index (χ3v) is 2.58. The van der Waals surface area contributed by atoms with Crippen molar-refractivity contribution in [2.45, 2.75) is 32.9 Å². The zero-order valence-electron chi connectivity index (χ0n) is 11.4. The molecular weight excluding hydrogens is 265 g/mol. The van der Waals surface area contributed by atoms with Crippen LogP contribution in [0.25, 0.3) is 11.3 Å². The summed E-state index contributed by atoms with van der Waals surface area (Å²) in [4.78, 5) is 0. The molecule has 0 saturated heterocycles. The zero-order valence-corrected chi connectivity index (χ0v) is 12.2. The smallest absolute Gasteiger partial charge is 0.134 e. The van der Waals surface area contributed by atoms with Gasteiger partial charge in [-0.05, 0) is 57.2 Å². The Hall–Kier alpha value is -1.32. The first kappa shape index (κ1) is 15.7. The van der Waals surface area contributed by atoms with Gasteiger partial charge in [0.15, 0.2) is 0 Å². The van der Waals surface area contributed by atoms with Crippen molar-refractivity contribution < 1.29 is 8.81 Å². The van der Waals surface area contributed by atoms with Crippen LogP contribution in [0.3, 0.4) is 0 Å². The third kappa shape index (κ3) is 4.69. The minimum Gasteiger partial charge on any atom is -0.460 e. The summed E-state index contributed by atoms with van der Waals surface area (Å²) in [6.45, 7) is 7.01. The minimum absolute atomic E-state index is 0. The Bertz CT molecular complexity index is 514. The normalized spacial score (nSPS) is 11.2. The van der Waals surface area contributed by atoms with Gasteiger partial charge in [0.2, 0.25) is 0 Å². The van der Waals surface area contributed by atoms with Crippen molar-refractivity contribution in [3.63, 3.8) is 0 Å². The van der Waals surface area contributed by atoms with Crippen LogP contribution in [0, 0.1) is 5.82 Å². The van der Waals surface area contributed by atoms with Gasteiger partial charge in [-0.25, -0.2) is 4.39 Å². The highest BCUT2D eigenvalue weighted by Gasteiger charge is 2.10. The lowest BCUT2D eigenvalue weighted by Crippen LogP contribution is -2.34. The molecule has 1 aromatic heterocycles. The van der Waals surface area contributed by atoms with E-state index in [0.717, 1.165) is 17.1 Å². The molecule has 0 amide bonds. The van der Waals surface area contributed by atoms with E-state index in [4.69, 9.17) is 4.42 Å². The van der Waals surface area contributed by atoms with Crippen molar-refractivity contribution in [1.29, 1.82) is 0 Å². The van der Waals surface area contributed by atoms with E-state index in [1.165, 1.54) is 12.1 Å². The van der Waals surface area contributed by atoms with Crippen LogP contribution in [-0.4, -0.2) is 5.54 Å². The Morgan fingerprint density at radius 2 is 1.68 bits per heavy atom. The number of hydrogen-bond acceptors (Lipinski definition) is 2. The number of halogens is 2. The van der Waals surface area contributed by atoms with Crippen LogP contribution in [0.4, 0.5) is 4.39 Å². The van der Waals surface area contributed by atoms with E-state index in [0.29, 0.717) is 6.54 Å². The molecule has 0 bridgehead atoms. The molecule has 2 aromatic rings. The van der Waals surface area contributed by atoms with Gasteiger partial charge < -0.3 is 9.73 Å². The fourth-order valence-corrected chi connectivity index (χ4v) is 1.59. The van der Waals surface area contributed by atoms with Crippen molar-refractivity contribution in [1.82, 2.24) is 5.32 Å². The highest BCUT2D eigenvalue weighted by molar-refractivity contribution is 5.85. The number of furan rings is 1. The second-order valence-electron chi connectivity index (χ2n) is 5.38. The molecule has 1 N–H and O–H groups in total. The summed E-state index contributed by atoms with van der Waals surface area (Å²) in [7, 11) is 0. The molecule has 0 aliphatic carbocycles. The Morgan fingerprint density at radius 3 is 2.26 bits per heavy atom. The van der Waals surface area contributed by atoms with E-state index in [-0.39, 0.29) is 23.8 Å². The first-order valence-electron chi connectivity index (χ1n) is 6.04. The summed E-state index contributed by atoms with van der Waals surface area (Å²) in [5, 5.41) is 3.36. The van der Waals surface area contributed by atoms with Crippen molar-refractivity contribution in [3.05, 3.63) is 48.0 Å². The molecule has 0 saturated carbocycles. The van der Waals surface area contributed by atoms with Crippen molar-refractivity contribution in [2.75, 3.05) is 0 Å². The average Bonchev–Trinajstić information content (AvgIpc) is 2.75. The van der Waals surface area contributed by atoms with Crippen molar-refractivity contribution in [3.8, 4) is 11.3 Å². The van der Waals surface area contributed by atoms with Gasteiger partial charge in [0.25, 0.3) is 0 Å². The number of hydrogen-bond donors (Lipinski definition) is 1. The van der Waals surface area contributed by atoms with Gasteiger partial charge in [-0.1, -0.05) is 0 Å². The fourth-order valence-electron chi connectivity index (χ4n) is 1.59. The lowest BCUT2D eigenvalue weighted by atomic mass is 10.1. The summed E-state index contributed by atoms with van der Waals surface area (Å²) in [5.74, 6) is 1.41. The number of rotatable bonds is 3. The minimum atomic E-state index is -0.236. The molecule has 2 rings (SSSR count). The maximum absolute atomic E-state index is 12.8. The van der Waals surface area contributed by atoms with Gasteiger partial charge in [-0.3, -0.25) is 0 Å². The molecule has 104 valence electrons. The highest BCUT2D eigenvalue weighted by Crippen LogP contribution is 2.22. The fraction of sp³-hybridized carbons (Fsp3) is 0.333. The van der Waals surface area contributed by atoms with Crippen LogP contribution in [-0.2, 0) is 6.54 Å². The lowest BCUT2D eigenvalue weighted by molar-refractivity contribution is 0.391. The summed E-state index contributed by atoms with van der Waals surface area (Å²) >= 11 is 0. The van der Waals surface area contributed by atoms with E-state index in [1.807, 2.05) is 12.1 Å². The lowest BCUT2D eigenvalue weighted by Gasteiger charge is -2.19. The Labute approximate surface area is 119 Å². The maximum atomic E-state index is 12.8. The number of benzene rings is 1. The van der Waals surface area contributed by atoms with Crippen molar-refractivity contribution >= 4 is 12.4 Å². The van der Waals surface area contributed by atoms with Gasteiger partial charge >= 0.3 is 0 Å². The summed E-state index contributed by atoms with van der Waals surface area (Å²) in [6, 6.07) is 10.2. The molecule has 2 nitrogen and oxygen atoms in total. The third-order valence-electron chi connectivity index (χ3n) is 2.58. The Kier molecular flexibility index (Phi) is 5.15. The highest BCUT2D eigenvalue weighted by atomic mass is 35.5. The first-order chi connectivity index (χ1) is 8.44. The predicted molar refractivity (Wildman–Crippen MR) is 77.9 cm³/mol. The molecule has 1 aromatic carbocycles. The molecule has 0 aliphatic heterocycles. The zero-order chi connectivity index (χ0) is 13.2. The molecule has 0 fully saturated rings. The molecular formula is C15H19ClFNO. The van der Waals surface area contributed by atoms with E-state index in [1.54, 1.807) is 12.1 Å². The largest absolute Gasteiger partial charge is 0.460 e. The van der Waals surface area contributed by atoms with Crippen LogP contribution in [0.5, 0.6) is 0 Å². The second kappa shape index (κ2) is 6.22. The molecule has 4 heteroatoms. The molecule has 19 heavy (non-hydrogen) atoms. The van der Waals surface area contributed by atoms with E-state index < -0.39 is 0 Å². The van der Waals surface area contributed by atoms with Crippen LogP contribution in [0.15, 0.2) is 40.8 Å². The molecule has 0 atom stereocenters. The van der Waals surface area contributed by atoms with E-state index in [9.17, 15) is 4.39 Å². The van der Waals surface area contributed by atoms with E-state index >= 15 is 0 Å². The van der Waals surface area contributed by atoms with Gasteiger partial charge in [-0.2, -0.15) is 0 Å². The number of nitrogens with one attached hydrogen (secondary N) is 1. The van der Waals surface area contributed by atoms with Crippen LogP contribution in [0.2, 0.25) is 0 Å². The van der Waals surface area contributed by atoms with Crippen LogP contribution in [0.1, 0.15) is 26.5 Å². The molecule has 1 heterocycles. The SMILES string of the molecule is CC(C)(C)NCc1ccc(-c2ccc(F)cc2)o1.Cl. The summed E-state index contributed by atoms with van der Waals surface area (Å²) in [6.07, 6.45) is 0. The monoisotopic (exact) mass is 283 g/mol. The summed E-state index contributed by atoms with van der Waals surface area (Å²) < 4.78 is 18.5. The maximum Gasteiger partial charge on any atom is 0.134 e. The van der Waals surface area contributed by atoms with E-state index in [2.05, 4.69) is 26.1 Å². The van der Waals surface area contributed by atoms with Crippen molar-refractivity contribution in [2.24, 2.45) is 0 Å². The van der Waals surface area contributed by atoms with Gasteiger partial charge in [-0.15, -0.1) is 12.4 Å². The quantitative estimate of drug-likeness (QED) is 0.903. The van der Waals surface area contributed by atoms with Crippen LogP contribution >= 0.6 is 12.4 Å².